The van der Waals surface area contributed by atoms with E-state index in [1.54, 1.807) is 18.2 Å². The summed E-state index contributed by atoms with van der Waals surface area (Å²) >= 11 is 0. The third-order valence-corrected chi connectivity index (χ3v) is 4.00. The van der Waals surface area contributed by atoms with E-state index in [4.69, 9.17) is 4.74 Å². The Balaban J connectivity index is 2.11. The van der Waals surface area contributed by atoms with Crippen LogP contribution in [0.2, 0.25) is 0 Å². The Morgan fingerprint density at radius 2 is 1.88 bits per heavy atom. The molecular formula is C16H15NO6S. The van der Waals surface area contributed by atoms with E-state index in [0.29, 0.717) is 5.56 Å². The number of carbonyl (C=O) groups excluding carboxylic acids is 1. The van der Waals surface area contributed by atoms with Crippen LogP contribution in [0.1, 0.15) is 21.5 Å². The van der Waals surface area contributed by atoms with Gasteiger partial charge in [0.05, 0.1) is 21.8 Å². The van der Waals surface area contributed by atoms with E-state index in [9.17, 15) is 23.3 Å². The third-order valence-electron chi connectivity index (χ3n) is 3.14. The van der Waals surface area contributed by atoms with E-state index in [1.807, 2.05) is 0 Å². The first-order chi connectivity index (χ1) is 11.3. The van der Waals surface area contributed by atoms with Crippen molar-refractivity contribution in [1.82, 2.24) is 0 Å². The Kier molecular flexibility index (Phi) is 5.30. The summed E-state index contributed by atoms with van der Waals surface area (Å²) in [6.45, 7) is -0.244. The van der Waals surface area contributed by atoms with Gasteiger partial charge < -0.3 is 4.74 Å². The van der Waals surface area contributed by atoms with Crippen LogP contribution in [-0.2, 0) is 26.9 Å². The minimum absolute atomic E-state index is 0.129. The maximum absolute atomic E-state index is 12.1. The molecule has 0 aliphatic carbocycles. The summed E-state index contributed by atoms with van der Waals surface area (Å²) in [5.41, 5.74) is 0.812. The summed E-state index contributed by atoms with van der Waals surface area (Å²) in [5.74, 6) is -0.860. The molecule has 8 heteroatoms. The van der Waals surface area contributed by atoms with Crippen LogP contribution in [-0.4, -0.2) is 25.6 Å². The number of para-hydroxylation sites is 1. The fraction of sp³-hybridized carbons (Fsp3) is 0.188. The van der Waals surface area contributed by atoms with E-state index in [-0.39, 0.29) is 29.2 Å². The maximum Gasteiger partial charge on any atom is 0.338 e. The summed E-state index contributed by atoms with van der Waals surface area (Å²) < 4.78 is 27.7. The van der Waals surface area contributed by atoms with Crippen LogP contribution >= 0.6 is 0 Å². The summed E-state index contributed by atoms with van der Waals surface area (Å²) in [5, 5.41) is 10.9. The highest BCUT2D eigenvalue weighted by Crippen LogP contribution is 2.19. The van der Waals surface area contributed by atoms with Gasteiger partial charge in [-0.05, 0) is 23.8 Å². The van der Waals surface area contributed by atoms with Gasteiger partial charge in [-0.2, -0.15) is 0 Å². The van der Waals surface area contributed by atoms with Crippen molar-refractivity contribution in [2.45, 2.75) is 12.4 Å². The number of nitro benzene ring substituents is 1. The van der Waals surface area contributed by atoms with Gasteiger partial charge in [-0.3, -0.25) is 10.1 Å². The molecule has 0 bridgehead atoms. The highest BCUT2D eigenvalue weighted by molar-refractivity contribution is 7.89. The molecule has 7 nitrogen and oxygen atoms in total. The highest BCUT2D eigenvalue weighted by atomic mass is 32.2. The van der Waals surface area contributed by atoms with Crippen LogP contribution in [0.4, 0.5) is 5.69 Å². The molecule has 2 rings (SSSR count). The quantitative estimate of drug-likeness (QED) is 0.451. The first-order valence-corrected chi connectivity index (χ1v) is 8.98. The Morgan fingerprint density at radius 3 is 2.54 bits per heavy atom. The van der Waals surface area contributed by atoms with E-state index in [0.717, 1.165) is 6.26 Å². The predicted molar refractivity (Wildman–Crippen MR) is 87.2 cm³/mol. The number of nitrogens with zero attached hydrogens (tertiary/aromatic N) is 1. The average molecular weight is 349 g/mol. The molecule has 0 spiro atoms. The number of hydrogen-bond donors (Lipinski definition) is 0. The van der Waals surface area contributed by atoms with Crippen molar-refractivity contribution in [3.05, 3.63) is 75.3 Å². The lowest BCUT2D eigenvalue weighted by Gasteiger charge is -2.07. The monoisotopic (exact) mass is 349 g/mol. The molecule has 24 heavy (non-hydrogen) atoms. The van der Waals surface area contributed by atoms with Crippen molar-refractivity contribution < 1.29 is 22.9 Å². The smallest absolute Gasteiger partial charge is 0.338 e. The molecule has 0 radical (unpaired) electrons. The largest absolute Gasteiger partial charge is 0.457 e. The number of esters is 1. The van der Waals surface area contributed by atoms with Crippen molar-refractivity contribution in [2.75, 3.05) is 6.26 Å². The van der Waals surface area contributed by atoms with Crippen LogP contribution in [0.5, 0.6) is 0 Å². The van der Waals surface area contributed by atoms with Gasteiger partial charge >= 0.3 is 5.97 Å². The molecular weight excluding hydrogens is 334 g/mol. The van der Waals surface area contributed by atoms with Gasteiger partial charge in [0.15, 0.2) is 9.84 Å². The molecule has 0 N–H and O–H groups in total. The molecule has 126 valence electrons. The third kappa shape index (κ3) is 4.88. The molecule has 0 aliphatic rings. The van der Waals surface area contributed by atoms with Crippen LogP contribution in [0.25, 0.3) is 0 Å². The van der Waals surface area contributed by atoms with E-state index >= 15 is 0 Å². The highest BCUT2D eigenvalue weighted by Gasteiger charge is 2.15. The molecule has 0 aliphatic heterocycles. The molecule has 2 aromatic carbocycles. The molecule has 2 aromatic rings. The fourth-order valence-electron chi connectivity index (χ4n) is 2.13. The molecule has 0 fully saturated rings. The van der Waals surface area contributed by atoms with Crippen molar-refractivity contribution in [2.24, 2.45) is 0 Å². The number of sulfone groups is 1. The van der Waals surface area contributed by atoms with Gasteiger partial charge in [-0.1, -0.05) is 24.3 Å². The summed E-state index contributed by atoms with van der Waals surface area (Å²) in [7, 11) is -3.22. The SMILES string of the molecule is CS(=O)(=O)Cc1cccc(C(=O)OCc2ccccc2[N+](=O)[O-])c1. The Bertz CT molecular complexity index is 876. The lowest BCUT2D eigenvalue weighted by atomic mass is 10.1. The first kappa shape index (κ1) is 17.6. The van der Waals surface area contributed by atoms with Crippen molar-refractivity contribution in [3.63, 3.8) is 0 Å². The molecule has 0 saturated carbocycles. The zero-order chi connectivity index (χ0) is 17.7. The standard InChI is InChI=1S/C16H15NO6S/c1-24(21,22)11-12-5-4-7-13(9-12)16(18)23-10-14-6-2-3-8-15(14)17(19)20/h2-9H,10-11H2,1H3. The summed E-state index contributed by atoms with van der Waals surface area (Å²) in [6, 6.07) is 12.1. The van der Waals surface area contributed by atoms with Crippen molar-refractivity contribution >= 4 is 21.5 Å². The van der Waals surface area contributed by atoms with Gasteiger partial charge in [0, 0.05) is 12.3 Å². The molecule has 0 saturated heterocycles. The number of benzene rings is 2. The lowest BCUT2D eigenvalue weighted by Crippen LogP contribution is -2.08. The van der Waals surface area contributed by atoms with Gasteiger partial charge in [-0.25, -0.2) is 13.2 Å². The van der Waals surface area contributed by atoms with Crippen LogP contribution in [0, 0.1) is 10.1 Å². The van der Waals surface area contributed by atoms with E-state index < -0.39 is 20.7 Å². The molecule has 0 aromatic heterocycles. The van der Waals surface area contributed by atoms with E-state index in [1.165, 1.54) is 30.3 Å². The zero-order valence-corrected chi connectivity index (χ0v) is 13.7. The lowest BCUT2D eigenvalue weighted by molar-refractivity contribution is -0.385. The maximum atomic E-state index is 12.1. The van der Waals surface area contributed by atoms with Crippen molar-refractivity contribution in [1.29, 1.82) is 0 Å². The topological polar surface area (TPSA) is 104 Å². The average Bonchev–Trinajstić information content (AvgIpc) is 2.51. The molecule has 0 unspecified atom stereocenters. The molecule has 0 amide bonds. The van der Waals surface area contributed by atoms with E-state index in [2.05, 4.69) is 0 Å². The van der Waals surface area contributed by atoms with Gasteiger partial charge in [-0.15, -0.1) is 0 Å². The van der Waals surface area contributed by atoms with Crippen LogP contribution < -0.4 is 0 Å². The number of rotatable bonds is 6. The van der Waals surface area contributed by atoms with Crippen molar-refractivity contribution in [3.8, 4) is 0 Å². The Labute approximate surface area is 139 Å². The second-order valence-electron chi connectivity index (χ2n) is 5.23. The Morgan fingerprint density at radius 1 is 1.17 bits per heavy atom. The van der Waals surface area contributed by atoms with Gasteiger partial charge in [0.1, 0.15) is 6.61 Å². The van der Waals surface area contributed by atoms with Gasteiger partial charge in [0.2, 0.25) is 0 Å². The Hall–Kier alpha value is -2.74. The molecule has 0 atom stereocenters. The molecule has 0 heterocycles. The zero-order valence-electron chi connectivity index (χ0n) is 12.8. The number of carbonyl (C=O) groups is 1. The van der Waals surface area contributed by atoms with Crippen LogP contribution in [0.15, 0.2) is 48.5 Å². The van der Waals surface area contributed by atoms with Crippen LogP contribution in [0.3, 0.4) is 0 Å². The first-order valence-electron chi connectivity index (χ1n) is 6.92. The number of hydrogen-bond acceptors (Lipinski definition) is 6. The second kappa shape index (κ2) is 7.22. The summed E-state index contributed by atoms with van der Waals surface area (Å²) in [4.78, 5) is 22.5. The predicted octanol–water partition coefficient (Wildman–Crippen LogP) is 2.50. The minimum atomic E-state index is -3.22. The normalized spacial score (nSPS) is 11.0. The number of nitro groups is 1. The number of ether oxygens (including phenoxy) is 1. The van der Waals surface area contributed by atoms with Gasteiger partial charge in [0.25, 0.3) is 5.69 Å². The summed E-state index contributed by atoms with van der Waals surface area (Å²) in [6.07, 6.45) is 1.10. The second-order valence-corrected chi connectivity index (χ2v) is 7.37. The minimum Gasteiger partial charge on any atom is -0.457 e. The fourth-order valence-corrected chi connectivity index (χ4v) is 2.91.